The molecule has 18 heavy (non-hydrogen) atoms. The first-order valence-electron chi connectivity index (χ1n) is 6.61. The second kappa shape index (κ2) is 4.59. The Labute approximate surface area is 106 Å². The molecule has 2 amide bonds. The van der Waals surface area contributed by atoms with Crippen molar-refractivity contribution in [2.24, 2.45) is 5.92 Å². The topological polar surface area (TPSA) is 41.1 Å². The van der Waals surface area contributed by atoms with Crippen molar-refractivity contribution in [1.82, 2.24) is 5.32 Å². The molecule has 0 bridgehead atoms. The molecule has 1 heterocycles. The van der Waals surface area contributed by atoms with Crippen molar-refractivity contribution < 1.29 is 9.18 Å². The highest BCUT2D eigenvalue weighted by Gasteiger charge is 2.31. The number of carbonyl (C=O) groups excluding carboxylic acids is 1. The van der Waals surface area contributed by atoms with Gasteiger partial charge >= 0.3 is 6.03 Å². The molecule has 1 aliphatic carbocycles. The summed E-state index contributed by atoms with van der Waals surface area (Å²) < 4.78 is 13.2. The van der Waals surface area contributed by atoms with E-state index in [1.54, 1.807) is 6.07 Å². The Morgan fingerprint density at radius 3 is 2.72 bits per heavy atom. The summed E-state index contributed by atoms with van der Waals surface area (Å²) in [6.45, 7) is 0. The number of benzene rings is 1. The molecule has 1 atom stereocenters. The highest BCUT2D eigenvalue weighted by Crippen LogP contribution is 2.39. The van der Waals surface area contributed by atoms with Crippen LogP contribution in [0.2, 0.25) is 0 Å². The van der Waals surface area contributed by atoms with Crippen LogP contribution in [-0.2, 0) is 0 Å². The summed E-state index contributed by atoms with van der Waals surface area (Å²) in [7, 11) is 0. The third-order valence-corrected chi connectivity index (χ3v) is 4.01. The Bertz CT molecular complexity index is 469. The Balaban J connectivity index is 1.93. The van der Waals surface area contributed by atoms with Crippen LogP contribution < -0.4 is 10.6 Å². The Hall–Kier alpha value is -1.58. The second-order valence-electron chi connectivity index (χ2n) is 5.21. The number of halogens is 1. The number of nitrogens with one attached hydrogen (secondary N) is 2. The van der Waals surface area contributed by atoms with E-state index in [-0.39, 0.29) is 17.9 Å². The molecule has 4 heteroatoms. The molecule has 1 aliphatic heterocycles. The zero-order valence-corrected chi connectivity index (χ0v) is 10.2. The Morgan fingerprint density at radius 2 is 1.94 bits per heavy atom. The lowest BCUT2D eigenvalue weighted by Crippen LogP contribution is -2.41. The molecular weight excluding hydrogens is 231 g/mol. The van der Waals surface area contributed by atoms with Gasteiger partial charge in [0.05, 0.1) is 11.7 Å². The summed E-state index contributed by atoms with van der Waals surface area (Å²) in [5, 5.41) is 5.67. The van der Waals surface area contributed by atoms with E-state index in [1.807, 2.05) is 0 Å². The van der Waals surface area contributed by atoms with Crippen molar-refractivity contribution in [1.29, 1.82) is 0 Å². The maximum Gasteiger partial charge on any atom is 0.319 e. The largest absolute Gasteiger partial charge is 0.331 e. The third kappa shape index (κ3) is 2.07. The van der Waals surface area contributed by atoms with E-state index in [9.17, 15) is 9.18 Å². The summed E-state index contributed by atoms with van der Waals surface area (Å²) in [6.07, 6.45) is 6.01. The molecule has 2 aliphatic rings. The number of anilines is 1. The maximum absolute atomic E-state index is 13.2. The quantitative estimate of drug-likeness (QED) is 0.783. The van der Waals surface area contributed by atoms with Gasteiger partial charge in [0.1, 0.15) is 5.82 Å². The van der Waals surface area contributed by atoms with Gasteiger partial charge < -0.3 is 10.6 Å². The highest BCUT2D eigenvalue weighted by molar-refractivity contribution is 5.93. The molecule has 1 aromatic carbocycles. The average Bonchev–Trinajstić information content (AvgIpc) is 2.38. The normalized spacial score (nSPS) is 24.1. The summed E-state index contributed by atoms with van der Waals surface area (Å²) in [5.41, 5.74) is 1.64. The summed E-state index contributed by atoms with van der Waals surface area (Å²) in [5.74, 6) is 0.173. The third-order valence-electron chi connectivity index (χ3n) is 4.01. The van der Waals surface area contributed by atoms with Crippen molar-refractivity contribution in [2.75, 3.05) is 5.32 Å². The second-order valence-corrected chi connectivity index (χ2v) is 5.21. The highest BCUT2D eigenvalue weighted by atomic mass is 19.1. The molecule has 96 valence electrons. The van der Waals surface area contributed by atoms with Gasteiger partial charge in [-0.05, 0) is 36.5 Å². The minimum absolute atomic E-state index is 0.0367. The zero-order valence-electron chi connectivity index (χ0n) is 10.2. The van der Waals surface area contributed by atoms with E-state index in [1.165, 1.54) is 31.4 Å². The fourth-order valence-corrected chi connectivity index (χ4v) is 3.12. The van der Waals surface area contributed by atoms with Gasteiger partial charge in [-0.2, -0.15) is 0 Å². The number of amides is 2. The van der Waals surface area contributed by atoms with Crippen molar-refractivity contribution in [3.8, 4) is 0 Å². The van der Waals surface area contributed by atoms with Crippen LogP contribution in [0.15, 0.2) is 18.2 Å². The van der Waals surface area contributed by atoms with Gasteiger partial charge in [0.25, 0.3) is 0 Å². The lowest BCUT2D eigenvalue weighted by molar-refractivity contribution is 0.229. The average molecular weight is 248 g/mol. The fourth-order valence-electron chi connectivity index (χ4n) is 3.12. The SMILES string of the molecule is O=C1Nc2cc(F)ccc2C(C2CCCCC2)N1. The van der Waals surface area contributed by atoms with E-state index in [4.69, 9.17) is 0 Å². The van der Waals surface area contributed by atoms with Crippen LogP contribution in [0.5, 0.6) is 0 Å². The molecule has 1 aromatic rings. The van der Waals surface area contributed by atoms with Gasteiger partial charge in [-0.15, -0.1) is 0 Å². The van der Waals surface area contributed by atoms with E-state index in [0.717, 1.165) is 18.4 Å². The number of fused-ring (bicyclic) bond motifs is 1. The van der Waals surface area contributed by atoms with E-state index in [2.05, 4.69) is 10.6 Å². The van der Waals surface area contributed by atoms with Crippen molar-refractivity contribution in [3.05, 3.63) is 29.6 Å². The fraction of sp³-hybridized carbons (Fsp3) is 0.500. The maximum atomic E-state index is 13.2. The first kappa shape index (κ1) is 11.5. The van der Waals surface area contributed by atoms with Crippen molar-refractivity contribution >= 4 is 11.7 Å². The molecular formula is C14H17FN2O. The van der Waals surface area contributed by atoms with Crippen LogP contribution in [-0.4, -0.2) is 6.03 Å². The van der Waals surface area contributed by atoms with Crippen LogP contribution in [0.4, 0.5) is 14.9 Å². The minimum atomic E-state index is -0.307. The van der Waals surface area contributed by atoms with Crippen LogP contribution in [0.3, 0.4) is 0 Å². The van der Waals surface area contributed by atoms with Crippen LogP contribution in [0, 0.1) is 11.7 Å². The molecule has 0 radical (unpaired) electrons. The van der Waals surface area contributed by atoms with Gasteiger partial charge in [0.2, 0.25) is 0 Å². The van der Waals surface area contributed by atoms with Crippen molar-refractivity contribution in [2.45, 2.75) is 38.1 Å². The first-order valence-corrected chi connectivity index (χ1v) is 6.61. The summed E-state index contributed by atoms with van der Waals surface area (Å²) >= 11 is 0. The van der Waals surface area contributed by atoms with Crippen LogP contribution in [0.1, 0.15) is 43.7 Å². The molecule has 0 saturated heterocycles. The summed E-state index contributed by atoms with van der Waals surface area (Å²) in [4.78, 5) is 11.6. The molecule has 0 aromatic heterocycles. The lowest BCUT2D eigenvalue weighted by Gasteiger charge is -2.35. The Kier molecular flexibility index (Phi) is 2.94. The standard InChI is InChI=1S/C14H17FN2O/c15-10-6-7-11-12(8-10)16-14(18)17-13(11)9-4-2-1-3-5-9/h6-9,13H,1-5H2,(H2,16,17,18). The van der Waals surface area contributed by atoms with Gasteiger partial charge in [0, 0.05) is 0 Å². The molecule has 2 N–H and O–H groups in total. The predicted molar refractivity (Wildman–Crippen MR) is 67.9 cm³/mol. The number of hydrogen-bond donors (Lipinski definition) is 2. The molecule has 0 spiro atoms. The number of hydrogen-bond acceptors (Lipinski definition) is 1. The first-order chi connectivity index (χ1) is 8.74. The van der Waals surface area contributed by atoms with E-state index >= 15 is 0 Å². The van der Waals surface area contributed by atoms with E-state index < -0.39 is 0 Å². The summed E-state index contributed by atoms with van der Waals surface area (Å²) in [6, 6.07) is 4.48. The number of rotatable bonds is 1. The van der Waals surface area contributed by atoms with Gasteiger partial charge in [-0.25, -0.2) is 9.18 Å². The lowest BCUT2D eigenvalue weighted by atomic mass is 9.80. The van der Waals surface area contributed by atoms with Crippen LogP contribution >= 0.6 is 0 Å². The minimum Gasteiger partial charge on any atom is -0.331 e. The molecule has 3 rings (SSSR count). The Morgan fingerprint density at radius 1 is 1.17 bits per heavy atom. The predicted octanol–water partition coefficient (Wildman–Crippen LogP) is 3.58. The number of carbonyl (C=O) groups is 1. The zero-order chi connectivity index (χ0) is 12.5. The monoisotopic (exact) mass is 248 g/mol. The molecule has 1 unspecified atom stereocenters. The smallest absolute Gasteiger partial charge is 0.319 e. The number of urea groups is 1. The van der Waals surface area contributed by atoms with Crippen LogP contribution in [0.25, 0.3) is 0 Å². The van der Waals surface area contributed by atoms with Gasteiger partial charge in [-0.3, -0.25) is 0 Å². The molecule has 1 fully saturated rings. The van der Waals surface area contributed by atoms with Crippen molar-refractivity contribution in [3.63, 3.8) is 0 Å². The molecule has 3 nitrogen and oxygen atoms in total. The van der Waals surface area contributed by atoms with E-state index in [0.29, 0.717) is 11.6 Å². The molecule has 1 saturated carbocycles. The van der Waals surface area contributed by atoms with Gasteiger partial charge in [0.15, 0.2) is 0 Å². The van der Waals surface area contributed by atoms with Gasteiger partial charge in [-0.1, -0.05) is 25.3 Å².